The van der Waals surface area contributed by atoms with Gasteiger partial charge >= 0.3 is 5.69 Å². The number of morpholine rings is 1. The number of aromatic nitrogens is 3. The summed E-state index contributed by atoms with van der Waals surface area (Å²) in [7, 11) is 0. The Hall–Kier alpha value is -0.920. The van der Waals surface area contributed by atoms with E-state index in [2.05, 4.69) is 22.0 Å². The maximum atomic E-state index is 11.4. The van der Waals surface area contributed by atoms with Gasteiger partial charge in [-0.3, -0.25) is 14.6 Å². The van der Waals surface area contributed by atoms with Crippen molar-refractivity contribution in [3.63, 3.8) is 0 Å². The highest BCUT2D eigenvalue weighted by Gasteiger charge is 2.20. The first kappa shape index (κ1) is 11.6. The van der Waals surface area contributed by atoms with Crippen molar-refractivity contribution in [1.29, 1.82) is 0 Å². The van der Waals surface area contributed by atoms with Crippen LogP contribution in [0, 0.1) is 4.77 Å². The van der Waals surface area contributed by atoms with Gasteiger partial charge in [-0.15, -0.1) is 0 Å². The van der Waals surface area contributed by atoms with Crippen LogP contribution >= 0.6 is 12.2 Å². The second kappa shape index (κ2) is 4.94. The van der Waals surface area contributed by atoms with Gasteiger partial charge < -0.3 is 4.74 Å². The van der Waals surface area contributed by atoms with Crippen LogP contribution in [0.25, 0.3) is 0 Å². The van der Waals surface area contributed by atoms with Crippen molar-refractivity contribution >= 4 is 12.2 Å². The highest BCUT2D eigenvalue weighted by molar-refractivity contribution is 7.71. The SMILES string of the molecule is CCN1CCOC(Cn2c(=O)[nH][nH]c2=S)C1. The van der Waals surface area contributed by atoms with E-state index in [1.165, 1.54) is 4.57 Å². The third-order valence-corrected chi connectivity index (χ3v) is 3.15. The Morgan fingerprint density at radius 1 is 1.56 bits per heavy atom. The van der Waals surface area contributed by atoms with Crippen LogP contribution in [0.2, 0.25) is 0 Å². The van der Waals surface area contributed by atoms with Crippen molar-refractivity contribution < 1.29 is 4.74 Å². The van der Waals surface area contributed by atoms with Crippen LogP contribution in [-0.2, 0) is 11.3 Å². The molecule has 2 rings (SSSR count). The lowest BCUT2D eigenvalue weighted by Gasteiger charge is -2.31. The summed E-state index contributed by atoms with van der Waals surface area (Å²) in [5, 5.41) is 5.08. The van der Waals surface area contributed by atoms with E-state index in [0.717, 1.165) is 19.6 Å². The molecular formula is C9H16N4O2S. The lowest BCUT2D eigenvalue weighted by molar-refractivity contribution is -0.0348. The molecule has 2 N–H and O–H groups in total. The molecule has 1 aromatic heterocycles. The van der Waals surface area contributed by atoms with E-state index in [1.54, 1.807) is 0 Å². The predicted molar refractivity (Wildman–Crippen MR) is 62.1 cm³/mol. The Balaban J connectivity index is 2.05. The molecule has 1 aromatic rings. The fourth-order valence-electron chi connectivity index (χ4n) is 1.88. The second-order valence-electron chi connectivity index (χ2n) is 3.86. The normalized spacial score (nSPS) is 22.4. The lowest BCUT2D eigenvalue weighted by Crippen LogP contribution is -2.44. The average molecular weight is 244 g/mol. The standard InChI is InChI=1S/C9H16N4O2S/c1-2-12-3-4-15-7(5-12)6-13-8(14)10-11-9(13)16/h7H,2-6H2,1H3,(H,10,14)(H,11,16). The number of hydrogen-bond acceptors (Lipinski definition) is 4. The summed E-state index contributed by atoms with van der Waals surface area (Å²) in [5.74, 6) is 0. The van der Waals surface area contributed by atoms with Crippen molar-refractivity contribution in [2.45, 2.75) is 19.6 Å². The molecular weight excluding hydrogens is 228 g/mol. The largest absolute Gasteiger partial charge is 0.374 e. The van der Waals surface area contributed by atoms with E-state index >= 15 is 0 Å². The van der Waals surface area contributed by atoms with Gasteiger partial charge in [-0.05, 0) is 18.8 Å². The highest BCUT2D eigenvalue weighted by Crippen LogP contribution is 2.06. The van der Waals surface area contributed by atoms with Gasteiger partial charge in [0.15, 0.2) is 4.77 Å². The Morgan fingerprint density at radius 2 is 2.38 bits per heavy atom. The molecule has 0 bridgehead atoms. The van der Waals surface area contributed by atoms with E-state index < -0.39 is 0 Å². The summed E-state index contributed by atoms with van der Waals surface area (Å²) < 4.78 is 7.54. The van der Waals surface area contributed by atoms with Crippen molar-refractivity contribution in [2.75, 3.05) is 26.2 Å². The number of nitrogens with one attached hydrogen (secondary N) is 2. The Labute approximate surface area is 98.2 Å². The molecule has 1 aliphatic rings. The molecule has 0 spiro atoms. The summed E-state index contributed by atoms with van der Waals surface area (Å²) in [6.45, 7) is 6.17. The first-order chi connectivity index (χ1) is 7.70. The summed E-state index contributed by atoms with van der Waals surface area (Å²) in [5.41, 5.74) is -0.206. The molecule has 1 unspecified atom stereocenters. The summed E-state index contributed by atoms with van der Waals surface area (Å²) in [6, 6.07) is 0. The van der Waals surface area contributed by atoms with E-state index in [-0.39, 0.29) is 11.8 Å². The van der Waals surface area contributed by atoms with Crippen LogP contribution in [0.15, 0.2) is 4.79 Å². The Kier molecular flexibility index (Phi) is 3.57. The third-order valence-electron chi connectivity index (χ3n) is 2.82. The molecule has 2 heterocycles. The smallest absolute Gasteiger partial charge is 0.342 e. The highest BCUT2D eigenvalue weighted by atomic mass is 32.1. The molecule has 0 radical (unpaired) electrons. The molecule has 90 valence electrons. The van der Waals surface area contributed by atoms with Gasteiger partial charge in [0.25, 0.3) is 0 Å². The number of ether oxygens (including phenoxy) is 1. The molecule has 0 amide bonds. The zero-order chi connectivity index (χ0) is 11.5. The minimum Gasteiger partial charge on any atom is -0.374 e. The first-order valence-electron chi connectivity index (χ1n) is 5.42. The fraction of sp³-hybridized carbons (Fsp3) is 0.778. The lowest BCUT2D eigenvalue weighted by atomic mass is 10.2. The van der Waals surface area contributed by atoms with Crippen LogP contribution in [-0.4, -0.2) is 52.0 Å². The molecule has 0 aromatic carbocycles. The zero-order valence-electron chi connectivity index (χ0n) is 9.23. The van der Waals surface area contributed by atoms with E-state index in [0.29, 0.717) is 17.9 Å². The fourth-order valence-corrected chi connectivity index (χ4v) is 2.09. The number of hydrogen-bond donors (Lipinski definition) is 2. The molecule has 1 saturated heterocycles. The average Bonchev–Trinajstić information content (AvgIpc) is 2.61. The van der Waals surface area contributed by atoms with Gasteiger partial charge in [-0.2, -0.15) is 0 Å². The van der Waals surface area contributed by atoms with Gasteiger partial charge in [0.1, 0.15) is 0 Å². The Bertz CT molecular complexity index is 421. The van der Waals surface area contributed by atoms with Crippen LogP contribution in [0.3, 0.4) is 0 Å². The molecule has 0 aliphatic carbocycles. The van der Waals surface area contributed by atoms with Gasteiger partial charge in [0.05, 0.1) is 19.3 Å². The molecule has 16 heavy (non-hydrogen) atoms. The minimum atomic E-state index is -0.206. The zero-order valence-corrected chi connectivity index (χ0v) is 10.0. The number of H-pyrrole nitrogens is 2. The van der Waals surface area contributed by atoms with Crippen LogP contribution in [0.1, 0.15) is 6.92 Å². The van der Waals surface area contributed by atoms with Crippen LogP contribution in [0.4, 0.5) is 0 Å². The number of nitrogens with zero attached hydrogens (tertiary/aromatic N) is 2. The van der Waals surface area contributed by atoms with E-state index in [4.69, 9.17) is 17.0 Å². The predicted octanol–water partition coefficient (Wildman–Crippen LogP) is -0.0453. The third kappa shape index (κ3) is 2.42. The van der Waals surface area contributed by atoms with Crippen LogP contribution in [0.5, 0.6) is 0 Å². The van der Waals surface area contributed by atoms with E-state index in [9.17, 15) is 4.79 Å². The second-order valence-corrected chi connectivity index (χ2v) is 4.24. The van der Waals surface area contributed by atoms with Crippen molar-refractivity contribution in [3.8, 4) is 0 Å². The van der Waals surface area contributed by atoms with Crippen molar-refractivity contribution in [1.82, 2.24) is 19.7 Å². The van der Waals surface area contributed by atoms with Crippen molar-refractivity contribution in [2.24, 2.45) is 0 Å². The molecule has 6 nitrogen and oxygen atoms in total. The Morgan fingerprint density at radius 3 is 3.00 bits per heavy atom. The van der Waals surface area contributed by atoms with E-state index in [1.807, 2.05) is 0 Å². The molecule has 1 atom stereocenters. The molecule has 7 heteroatoms. The first-order valence-corrected chi connectivity index (χ1v) is 5.83. The summed E-state index contributed by atoms with van der Waals surface area (Å²) in [6.07, 6.45) is 0.0392. The van der Waals surface area contributed by atoms with Gasteiger partial charge in [0, 0.05) is 13.1 Å². The maximum absolute atomic E-state index is 11.4. The van der Waals surface area contributed by atoms with Gasteiger partial charge in [-0.25, -0.2) is 9.89 Å². The van der Waals surface area contributed by atoms with Crippen LogP contribution < -0.4 is 5.69 Å². The number of likely N-dealkylation sites (N-methyl/N-ethyl adjacent to an activating group) is 1. The monoisotopic (exact) mass is 244 g/mol. The summed E-state index contributed by atoms with van der Waals surface area (Å²) >= 11 is 5.01. The maximum Gasteiger partial charge on any atom is 0.342 e. The molecule has 1 fully saturated rings. The number of aromatic amines is 2. The minimum absolute atomic E-state index is 0.0392. The quantitative estimate of drug-likeness (QED) is 0.732. The molecule has 1 aliphatic heterocycles. The van der Waals surface area contributed by atoms with Gasteiger partial charge in [0.2, 0.25) is 0 Å². The van der Waals surface area contributed by atoms with Gasteiger partial charge in [-0.1, -0.05) is 6.92 Å². The summed E-state index contributed by atoms with van der Waals surface area (Å²) in [4.78, 5) is 13.7. The number of rotatable bonds is 3. The molecule has 0 saturated carbocycles. The topological polar surface area (TPSA) is 66.0 Å². The van der Waals surface area contributed by atoms with Crippen molar-refractivity contribution in [3.05, 3.63) is 15.3 Å².